The number of hydrogen-bond donors (Lipinski definition) is 1. The number of aromatic nitrogens is 1. The first-order chi connectivity index (χ1) is 8.75. The first kappa shape index (κ1) is 11.4. The van der Waals surface area contributed by atoms with E-state index in [1.54, 1.807) is 0 Å². The fourth-order valence-corrected chi connectivity index (χ4v) is 3.31. The molecule has 1 saturated carbocycles. The third-order valence-corrected chi connectivity index (χ3v) is 4.28. The molecule has 5 nitrogen and oxygen atoms in total. The summed E-state index contributed by atoms with van der Waals surface area (Å²) in [6.45, 7) is 0. The summed E-state index contributed by atoms with van der Waals surface area (Å²) in [5.74, 6) is 0. The van der Waals surface area contributed by atoms with Crippen LogP contribution in [0.3, 0.4) is 0 Å². The Morgan fingerprint density at radius 2 is 2.22 bits per heavy atom. The highest BCUT2D eigenvalue weighted by Gasteiger charge is 2.23. The zero-order chi connectivity index (χ0) is 12.5. The molecule has 2 aromatic heterocycles. The van der Waals surface area contributed by atoms with Gasteiger partial charge in [0.1, 0.15) is 11.9 Å². The Hall–Kier alpha value is -1.69. The van der Waals surface area contributed by atoms with Crippen LogP contribution in [-0.2, 0) is 0 Å². The second kappa shape index (κ2) is 4.53. The molecule has 0 aliphatic heterocycles. The van der Waals surface area contributed by atoms with Crippen molar-refractivity contribution in [1.82, 2.24) is 4.98 Å². The largest absolute Gasteiger partial charge is 0.375 e. The van der Waals surface area contributed by atoms with E-state index in [2.05, 4.69) is 10.3 Å². The average Bonchev–Trinajstić information content (AvgIpc) is 2.98. The van der Waals surface area contributed by atoms with Crippen molar-refractivity contribution in [2.45, 2.75) is 31.7 Å². The highest BCUT2D eigenvalue weighted by molar-refractivity contribution is 7.17. The van der Waals surface area contributed by atoms with Crippen LogP contribution in [0.4, 0.5) is 11.4 Å². The Balaban J connectivity index is 2.06. The molecule has 0 bridgehead atoms. The van der Waals surface area contributed by atoms with Gasteiger partial charge in [-0.2, -0.15) is 0 Å². The molecule has 1 aliphatic rings. The quantitative estimate of drug-likeness (QED) is 0.679. The Morgan fingerprint density at radius 1 is 1.44 bits per heavy atom. The molecule has 0 radical (unpaired) electrons. The Bertz CT molecular complexity index is 590. The SMILES string of the molecule is O=[N+]([O-])c1cnc2ccsc2c1NC1CCCC1. The first-order valence-corrected chi connectivity index (χ1v) is 6.91. The van der Waals surface area contributed by atoms with Gasteiger partial charge in [0.2, 0.25) is 0 Å². The molecule has 6 heteroatoms. The number of fused-ring (bicyclic) bond motifs is 1. The highest BCUT2D eigenvalue weighted by Crippen LogP contribution is 2.36. The number of nitrogens with zero attached hydrogens (tertiary/aromatic N) is 2. The molecule has 0 aromatic carbocycles. The van der Waals surface area contributed by atoms with Crippen LogP contribution in [0.1, 0.15) is 25.7 Å². The van der Waals surface area contributed by atoms with Crippen molar-refractivity contribution >= 4 is 32.9 Å². The minimum absolute atomic E-state index is 0.0804. The van der Waals surface area contributed by atoms with Crippen LogP contribution in [0.25, 0.3) is 10.2 Å². The summed E-state index contributed by atoms with van der Waals surface area (Å²) in [5, 5.41) is 16.4. The third kappa shape index (κ3) is 1.92. The molecule has 3 rings (SSSR count). The van der Waals surface area contributed by atoms with E-state index in [1.807, 2.05) is 11.4 Å². The first-order valence-electron chi connectivity index (χ1n) is 6.03. The summed E-state index contributed by atoms with van der Waals surface area (Å²) in [5.41, 5.74) is 1.55. The second-order valence-corrected chi connectivity index (χ2v) is 5.45. The Morgan fingerprint density at radius 3 is 2.94 bits per heavy atom. The van der Waals surface area contributed by atoms with Crippen molar-refractivity contribution < 1.29 is 4.92 Å². The minimum Gasteiger partial charge on any atom is -0.375 e. The summed E-state index contributed by atoms with van der Waals surface area (Å²) in [6.07, 6.45) is 5.93. The van der Waals surface area contributed by atoms with Crippen LogP contribution < -0.4 is 5.32 Å². The van der Waals surface area contributed by atoms with Gasteiger partial charge >= 0.3 is 5.69 Å². The normalized spacial score (nSPS) is 16.2. The minimum atomic E-state index is -0.358. The molecule has 2 heterocycles. The van der Waals surface area contributed by atoms with Gasteiger partial charge in [0.15, 0.2) is 0 Å². The van der Waals surface area contributed by atoms with E-state index in [9.17, 15) is 10.1 Å². The highest BCUT2D eigenvalue weighted by atomic mass is 32.1. The lowest BCUT2D eigenvalue weighted by Crippen LogP contribution is -2.15. The van der Waals surface area contributed by atoms with Gasteiger partial charge in [-0.3, -0.25) is 10.1 Å². The number of thiophene rings is 1. The summed E-state index contributed by atoms with van der Waals surface area (Å²) < 4.78 is 0.885. The lowest BCUT2D eigenvalue weighted by Gasteiger charge is -2.13. The summed E-state index contributed by atoms with van der Waals surface area (Å²) in [4.78, 5) is 14.9. The van der Waals surface area contributed by atoms with Gasteiger partial charge < -0.3 is 5.32 Å². The number of nitrogens with one attached hydrogen (secondary N) is 1. The number of rotatable bonds is 3. The summed E-state index contributed by atoms with van der Waals surface area (Å²) in [7, 11) is 0. The van der Waals surface area contributed by atoms with E-state index >= 15 is 0 Å². The van der Waals surface area contributed by atoms with Crippen molar-refractivity contribution in [1.29, 1.82) is 0 Å². The van der Waals surface area contributed by atoms with Gasteiger partial charge in [0, 0.05) is 6.04 Å². The van der Waals surface area contributed by atoms with Gasteiger partial charge in [-0.1, -0.05) is 12.8 Å². The standard InChI is InChI=1S/C12H13N3O2S/c16-15(17)10-7-13-9-5-6-18-12(9)11(10)14-8-3-1-2-4-8/h5-8H,1-4H2,(H,13,14). The van der Waals surface area contributed by atoms with E-state index in [4.69, 9.17) is 0 Å². The predicted molar refractivity (Wildman–Crippen MR) is 72.2 cm³/mol. The molecule has 1 N–H and O–H groups in total. The van der Waals surface area contributed by atoms with E-state index in [0.717, 1.165) is 23.1 Å². The van der Waals surface area contributed by atoms with Crippen LogP contribution in [0.2, 0.25) is 0 Å². The monoisotopic (exact) mass is 263 g/mol. The average molecular weight is 263 g/mol. The maximum Gasteiger partial charge on any atom is 0.311 e. The predicted octanol–water partition coefficient (Wildman–Crippen LogP) is 3.56. The molecule has 0 atom stereocenters. The Kier molecular flexibility index (Phi) is 2.87. The molecule has 1 aliphatic carbocycles. The van der Waals surface area contributed by atoms with Gasteiger partial charge in [-0.25, -0.2) is 4.98 Å². The van der Waals surface area contributed by atoms with E-state index in [-0.39, 0.29) is 10.6 Å². The van der Waals surface area contributed by atoms with Crippen LogP contribution in [-0.4, -0.2) is 15.9 Å². The molecule has 0 unspecified atom stereocenters. The number of nitro groups is 1. The van der Waals surface area contributed by atoms with Gasteiger partial charge in [0.05, 0.1) is 15.1 Å². The third-order valence-electron chi connectivity index (χ3n) is 3.35. The molecule has 0 saturated heterocycles. The molecule has 94 valence electrons. The molecular weight excluding hydrogens is 250 g/mol. The van der Waals surface area contributed by atoms with Crippen molar-refractivity contribution in [3.63, 3.8) is 0 Å². The molecule has 0 spiro atoms. The van der Waals surface area contributed by atoms with E-state index in [1.165, 1.54) is 30.4 Å². The molecule has 0 amide bonds. The van der Waals surface area contributed by atoms with E-state index in [0.29, 0.717) is 11.7 Å². The zero-order valence-electron chi connectivity index (χ0n) is 9.76. The number of pyridine rings is 1. The summed E-state index contributed by atoms with van der Waals surface area (Å²) >= 11 is 1.50. The Labute approximate surface area is 108 Å². The smallest absolute Gasteiger partial charge is 0.311 e. The maximum absolute atomic E-state index is 11.1. The lowest BCUT2D eigenvalue weighted by molar-refractivity contribution is -0.384. The zero-order valence-corrected chi connectivity index (χ0v) is 10.6. The summed E-state index contributed by atoms with van der Waals surface area (Å²) in [6, 6.07) is 2.25. The van der Waals surface area contributed by atoms with Gasteiger partial charge in [0.25, 0.3) is 0 Å². The fourth-order valence-electron chi connectivity index (χ4n) is 2.45. The van der Waals surface area contributed by atoms with E-state index < -0.39 is 0 Å². The molecule has 2 aromatic rings. The van der Waals surface area contributed by atoms with Crippen LogP contribution in [0.15, 0.2) is 17.6 Å². The lowest BCUT2D eigenvalue weighted by atomic mass is 10.2. The van der Waals surface area contributed by atoms with Gasteiger partial charge in [-0.05, 0) is 24.3 Å². The van der Waals surface area contributed by atoms with Crippen LogP contribution >= 0.6 is 11.3 Å². The van der Waals surface area contributed by atoms with Crippen molar-refractivity contribution in [2.24, 2.45) is 0 Å². The topological polar surface area (TPSA) is 68.1 Å². The van der Waals surface area contributed by atoms with Crippen molar-refractivity contribution in [2.75, 3.05) is 5.32 Å². The molecule has 18 heavy (non-hydrogen) atoms. The number of hydrogen-bond acceptors (Lipinski definition) is 5. The van der Waals surface area contributed by atoms with Gasteiger partial charge in [-0.15, -0.1) is 11.3 Å². The maximum atomic E-state index is 11.1. The molecular formula is C12H13N3O2S. The number of anilines is 1. The molecule has 1 fully saturated rings. The van der Waals surface area contributed by atoms with Crippen LogP contribution in [0, 0.1) is 10.1 Å². The van der Waals surface area contributed by atoms with Crippen molar-refractivity contribution in [3.05, 3.63) is 27.8 Å². The fraction of sp³-hybridized carbons (Fsp3) is 0.417. The van der Waals surface area contributed by atoms with Crippen LogP contribution in [0.5, 0.6) is 0 Å². The van der Waals surface area contributed by atoms with Crippen molar-refractivity contribution in [3.8, 4) is 0 Å². The second-order valence-electron chi connectivity index (χ2n) is 4.54.